The lowest BCUT2D eigenvalue weighted by atomic mass is 10.2. The monoisotopic (exact) mass is 330 g/mol. The van der Waals surface area contributed by atoms with Crippen molar-refractivity contribution < 1.29 is 14.2 Å². The van der Waals surface area contributed by atoms with E-state index < -0.39 is 5.82 Å². The molecule has 2 rings (SSSR count). The highest BCUT2D eigenvalue weighted by molar-refractivity contribution is 9.10. The summed E-state index contributed by atoms with van der Waals surface area (Å²) in [4.78, 5) is 0. The second-order valence-corrected chi connectivity index (χ2v) is 4.89. The largest absolute Gasteiger partial charge is 0.452 e. The second kappa shape index (κ2) is 5.69. The van der Waals surface area contributed by atoms with E-state index in [1.54, 1.807) is 24.3 Å². The van der Waals surface area contributed by atoms with Gasteiger partial charge in [0.2, 0.25) is 0 Å². The lowest BCUT2D eigenvalue weighted by Gasteiger charge is -2.12. The number of para-hydroxylation sites is 1. The number of rotatable bonds is 3. The van der Waals surface area contributed by atoms with Gasteiger partial charge in [-0.25, -0.2) is 4.39 Å². The molecular formula is C13H9BrClFO2. The van der Waals surface area contributed by atoms with Crippen LogP contribution in [0.3, 0.4) is 0 Å². The van der Waals surface area contributed by atoms with Gasteiger partial charge >= 0.3 is 0 Å². The summed E-state index contributed by atoms with van der Waals surface area (Å²) in [5.41, 5.74) is 0.504. The standard InChI is InChI=1S/C13H9BrClFO2/c14-9-4-5-12(11(16)6-9)18-13-8(7-17)2-1-3-10(13)15/h1-6,17H,7H2. The highest BCUT2D eigenvalue weighted by atomic mass is 79.9. The maximum absolute atomic E-state index is 13.6. The molecule has 2 aromatic rings. The van der Waals surface area contributed by atoms with E-state index in [1.807, 2.05) is 0 Å². The molecule has 0 fully saturated rings. The molecule has 2 aromatic carbocycles. The lowest BCUT2D eigenvalue weighted by molar-refractivity contribution is 0.276. The maximum Gasteiger partial charge on any atom is 0.166 e. The fourth-order valence-corrected chi connectivity index (χ4v) is 2.03. The van der Waals surface area contributed by atoms with Gasteiger partial charge in [-0.05, 0) is 24.3 Å². The molecule has 1 N–H and O–H groups in total. The van der Waals surface area contributed by atoms with Crippen LogP contribution in [0.2, 0.25) is 5.02 Å². The van der Waals surface area contributed by atoms with E-state index in [4.69, 9.17) is 16.3 Å². The van der Waals surface area contributed by atoms with Crippen molar-refractivity contribution in [2.75, 3.05) is 0 Å². The molecule has 0 heterocycles. The zero-order valence-electron chi connectivity index (χ0n) is 9.16. The van der Waals surface area contributed by atoms with Gasteiger partial charge in [-0.15, -0.1) is 0 Å². The van der Waals surface area contributed by atoms with Gasteiger partial charge < -0.3 is 9.84 Å². The predicted molar refractivity (Wildman–Crippen MR) is 71.5 cm³/mol. The van der Waals surface area contributed by atoms with Gasteiger partial charge in [-0.1, -0.05) is 39.7 Å². The number of aliphatic hydroxyl groups is 1. The quantitative estimate of drug-likeness (QED) is 0.895. The van der Waals surface area contributed by atoms with Crippen LogP contribution in [0.15, 0.2) is 40.9 Å². The van der Waals surface area contributed by atoms with Crippen LogP contribution < -0.4 is 4.74 Å². The van der Waals surface area contributed by atoms with Crippen LogP contribution in [0.4, 0.5) is 4.39 Å². The molecule has 94 valence electrons. The molecule has 0 aromatic heterocycles. The molecule has 0 aliphatic heterocycles. The Morgan fingerprint density at radius 3 is 2.72 bits per heavy atom. The molecule has 5 heteroatoms. The summed E-state index contributed by atoms with van der Waals surface area (Å²) in [6, 6.07) is 9.42. The molecule has 0 bridgehead atoms. The third-order valence-corrected chi connectivity index (χ3v) is 3.12. The first kappa shape index (κ1) is 13.3. The van der Waals surface area contributed by atoms with Crippen LogP contribution in [-0.2, 0) is 6.61 Å². The van der Waals surface area contributed by atoms with Crippen molar-refractivity contribution in [2.45, 2.75) is 6.61 Å². The van der Waals surface area contributed by atoms with E-state index in [0.717, 1.165) is 0 Å². The van der Waals surface area contributed by atoms with Gasteiger partial charge in [0.1, 0.15) is 0 Å². The molecule has 0 saturated carbocycles. The molecule has 2 nitrogen and oxygen atoms in total. The molecule has 0 aliphatic rings. The van der Waals surface area contributed by atoms with Crippen LogP contribution >= 0.6 is 27.5 Å². The van der Waals surface area contributed by atoms with Crippen LogP contribution in [0.1, 0.15) is 5.56 Å². The lowest BCUT2D eigenvalue weighted by Crippen LogP contribution is -1.94. The Hall–Kier alpha value is -1.10. The van der Waals surface area contributed by atoms with Gasteiger partial charge in [-0.3, -0.25) is 0 Å². The smallest absolute Gasteiger partial charge is 0.166 e. The van der Waals surface area contributed by atoms with Crippen LogP contribution in [0, 0.1) is 5.82 Å². The summed E-state index contributed by atoms with van der Waals surface area (Å²) in [5.74, 6) is -0.183. The highest BCUT2D eigenvalue weighted by Gasteiger charge is 2.11. The topological polar surface area (TPSA) is 29.5 Å². The Morgan fingerprint density at radius 2 is 2.06 bits per heavy atom. The zero-order valence-corrected chi connectivity index (χ0v) is 11.5. The van der Waals surface area contributed by atoms with Crippen molar-refractivity contribution in [3.8, 4) is 11.5 Å². The summed E-state index contributed by atoms with van der Waals surface area (Å²) in [7, 11) is 0. The van der Waals surface area contributed by atoms with Crippen molar-refractivity contribution in [1.82, 2.24) is 0 Å². The Morgan fingerprint density at radius 1 is 1.28 bits per heavy atom. The minimum Gasteiger partial charge on any atom is -0.452 e. The summed E-state index contributed by atoms with van der Waals surface area (Å²) in [6.45, 7) is -0.228. The third-order valence-electron chi connectivity index (χ3n) is 2.32. The number of aliphatic hydroxyl groups excluding tert-OH is 1. The van der Waals surface area contributed by atoms with Crippen LogP contribution in [0.5, 0.6) is 11.5 Å². The first-order valence-electron chi connectivity index (χ1n) is 5.13. The molecular weight excluding hydrogens is 322 g/mol. The van der Waals surface area contributed by atoms with Crippen molar-refractivity contribution in [3.63, 3.8) is 0 Å². The molecule has 18 heavy (non-hydrogen) atoms. The normalized spacial score (nSPS) is 10.4. The first-order chi connectivity index (χ1) is 8.61. The minimum absolute atomic E-state index is 0.0565. The Bertz CT molecular complexity index is 575. The van der Waals surface area contributed by atoms with E-state index in [1.165, 1.54) is 12.1 Å². The molecule has 0 spiro atoms. The molecule has 0 amide bonds. The van der Waals surface area contributed by atoms with E-state index in [2.05, 4.69) is 15.9 Å². The molecule has 0 unspecified atom stereocenters. The van der Waals surface area contributed by atoms with Gasteiger partial charge in [0, 0.05) is 10.0 Å². The van der Waals surface area contributed by atoms with Crippen LogP contribution in [-0.4, -0.2) is 5.11 Å². The van der Waals surface area contributed by atoms with E-state index in [-0.39, 0.29) is 18.1 Å². The van der Waals surface area contributed by atoms with Gasteiger partial charge in [0.15, 0.2) is 17.3 Å². The maximum atomic E-state index is 13.6. The number of benzene rings is 2. The molecule has 0 saturated heterocycles. The molecule has 0 aliphatic carbocycles. The fourth-order valence-electron chi connectivity index (χ4n) is 1.46. The Labute approximate surface area is 117 Å². The van der Waals surface area contributed by atoms with Crippen molar-refractivity contribution in [1.29, 1.82) is 0 Å². The summed E-state index contributed by atoms with van der Waals surface area (Å²) in [6.07, 6.45) is 0. The summed E-state index contributed by atoms with van der Waals surface area (Å²) >= 11 is 9.14. The van der Waals surface area contributed by atoms with Crippen molar-refractivity contribution in [2.24, 2.45) is 0 Å². The Kier molecular flexibility index (Phi) is 4.22. The first-order valence-corrected chi connectivity index (χ1v) is 6.30. The van der Waals surface area contributed by atoms with E-state index in [0.29, 0.717) is 15.1 Å². The van der Waals surface area contributed by atoms with E-state index in [9.17, 15) is 9.50 Å². The SMILES string of the molecule is OCc1cccc(Cl)c1Oc1ccc(Br)cc1F. The minimum atomic E-state index is -0.506. The average Bonchev–Trinajstić information content (AvgIpc) is 2.34. The summed E-state index contributed by atoms with van der Waals surface area (Å²) < 4.78 is 19.7. The number of hydrogen-bond acceptors (Lipinski definition) is 2. The fraction of sp³-hybridized carbons (Fsp3) is 0.0769. The molecule has 0 atom stereocenters. The van der Waals surface area contributed by atoms with Gasteiger partial charge in [-0.2, -0.15) is 0 Å². The predicted octanol–water partition coefficient (Wildman–Crippen LogP) is 4.53. The van der Waals surface area contributed by atoms with Crippen molar-refractivity contribution in [3.05, 3.63) is 57.3 Å². The highest BCUT2D eigenvalue weighted by Crippen LogP contribution is 2.34. The number of ether oxygens (including phenoxy) is 1. The Balaban J connectivity index is 2.39. The zero-order chi connectivity index (χ0) is 13.1. The van der Waals surface area contributed by atoms with E-state index >= 15 is 0 Å². The average molecular weight is 332 g/mol. The van der Waals surface area contributed by atoms with Gasteiger partial charge in [0.25, 0.3) is 0 Å². The van der Waals surface area contributed by atoms with Crippen molar-refractivity contribution >= 4 is 27.5 Å². The summed E-state index contributed by atoms with van der Waals surface area (Å²) in [5, 5.41) is 9.52. The third kappa shape index (κ3) is 2.83. The number of halogens is 3. The van der Waals surface area contributed by atoms with Gasteiger partial charge in [0.05, 0.1) is 11.6 Å². The number of hydrogen-bond donors (Lipinski definition) is 1. The molecule has 0 radical (unpaired) electrons. The van der Waals surface area contributed by atoms with Crippen LogP contribution in [0.25, 0.3) is 0 Å². The second-order valence-electron chi connectivity index (χ2n) is 3.56.